The van der Waals surface area contributed by atoms with E-state index in [4.69, 9.17) is 10.2 Å². The summed E-state index contributed by atoms with van der Waals surface area (Å²) in [4.78, 5) is 18.5. The van der Waals surface area contributed by atoms with Gasteiger partial charge in [-0.05, 0) is 24.3 Å². The van der Waals surface area contributed by atoms with E-state index in [0.29, 0.717) is 17.6 Å². The highest BCUT2D eigenvalue weighted by Gasteiger charge is 2.13. The maximum absolute atomic E-state index is 11.2. The predicted octanol–water partition coefficient (Wildman–Crippen LogP) is 1.89. The number of pyridine rings is 1. The topological polar surface area (TPSA) is 89.3 Å². The molecule has 0 amide bonds. The molecule has 0 fully saturated rings. The highest BCUT2D eigenvalue weighted by molar-refractivity contribution is 5.80. The maximum atomic E-state index is 11.2. The number of benzene rings is 1. The molecule has 0 spiro atoms. The fraction of sp³-hybridized carbons (Fsp3) is 0.0667. The zero-order valence-corrected chi connectivity index (χ0v) is 11.0. The lowest BCUT2D eigenvalue weighted by Crippen LogP contribution is -2.02. The van der Waals surface area contributed by atoms with Crippen LogP contribution in [0.3, 0.4) is 0 Å². The SMILES string of the molecule is NCc1c(-c2ccc3[nH]c(=O)oc3c2)nc2ccccn12. The van der Waals surface area contributed by atoms with Gasteiger partial charge in [0.1, 0.15) is 5.65 Å². The molecule has 3 aromatic heterocycles. The Morgan fingerprint density at radius 3 is 3.05 bits per heavy atom. The molecule has 0 unspecified atom stereocenters. The van der Waals surface area contributed by atoms with Crippen LogP contribution in [0.2, 0.25) is 0 Å². The number of rotatable bonds is 2. The van der Waals surface area contributed by atoms with Gasteiger partial charge in [0.25, 0.3) is 0 Å². The van der Waals surface area contributed by atoms with Gasteiger partial charge in [-0.1, -0.05) is 12.1 Å². The zero-order chi connectivity index (χ0) is 14.4. The van der Waals surface area contributed by atoms with Crippen LogP contribution in [0.1, 0.15) is 5.69 Å². The fourth-order valence-corrected chi connectivity index (χ4v) is 2.57. The molecule has 4 rings (SSSR count). The number of fused-ring (bicyclic) bond motifs is 2. The Kier molecular flexibility index (Phi) is 2.45. The summed E-state index contributed by atoms with van der Waals surface area (Å²) in [6.07, 6.45) is 1.93. The van der Waals surface area contributed by atoms with E-state index in [-0.39, 0.29) is 0 Å². The van der Waals surface area contributed by atoms with Crippen LogP contribution in [0.5, 0.6) is 0 Å². The number of nitrogens with one attached hydrogen (secondary N) is 1. The third kappa shape index (κ3) is 1.77. The van der Waals surface area contributed by atoms with Gasteiger partial charge < -0.3 is 14.6 Å². The molecule has 6 nitrogen and oxygen atoms in total. The van der Waals surface area contributed by atoms with Crippen LogP contribution in [0.25, 0.3) is 28.0 Å². The summed E-state index contributed by atoms with van der Waals surface area (Å²) in [5, 5.41) is 0. The first-order valence-corrected chi connectivity index (χ1v) is 6.55. The normalized spacial score (nSPS) is 11.5. The molecule has 0 atom stereocenters. The van der Waals surface area contributed by atoms with Crippen molar-refractivity contribution in [3.63, 3.8) is 0 Å². The second-order valence-corrected chi connectivity index (χ2v) is 4.77. The van der Waals surface area contributed by atoms with E-state index >= 15 is 0 Å². The van der Waals surface area contributed by atoms with E-state index in [1.165, 1.54) is 0 Å². The molecule has 0 aliphatic carbocycles. The van der Waals surface area contributed by atoms with Crippen LogP contribution in [0, 0.1) is 0 Å². The molecule has 0 radical (unpaired) electrons. The highest BCUT2D eigenvalue weighted by Crippen LogP contribution is 2.26. The number of hydrogen-bond acceptors (Lipinski definition) is 4. The standard InChI is InChI=1S/C15H12N4O2/c16-8-11-14(18-13-3-1-2-6-19(11)13)9-4-5-10-12(7-9)21-15(20)17-10/h1-7H,8,16H2,(H,17,20). The average Bonchev–Trinajstić information content (AvgIpc) is 3.05. The largest absolute Gasteiger partial charge is 0.417 e. The summed E-state index contributed by atoms with van der Waals surface area (Å²) in [5.41, 5.74) is 10.5. The van der Waals surface area contributed by atoms with Gasteiger partial charge in [0.05, 0.1) is 16.9 Å². The van der Waals surface area contributed by atoms with Gasteiger partial charge in [-0.25, -0.2) is 9.78 Å². The number of nitrogens with zero attached hydrogens (tertiary/aromatic N) is 2. The van der Waals surface area contributed by atoms with Crippen molar-refractivity contribution in [1.82, 2.24) is 14.4 Å². The Morgan fingerprint density at radius 2 is 2.19 bits per heavy atom. The van der Waals surface area contributed by atoms with E-state index in [1.807, 2.05) is 34.9 Å². The number of aromatic nitrogens is 3. The van der Waals surface area contributed by atoms with Crippen molar-refractivity contribution in [2.24, 2.45) is 5.73 Å². The molecule has 6 heteroatoms. The van der Waals surface area contributed by atoms with Crippen molar-refractivity contribution >= 4 is 16.7 Å². The Hall–Kier alpha value is -2.86. The van der Waals surface area contributed by atoms with Crippen LogP contribution in [0.15, 0.2) is 51.8 Å². The third-order valence-corrected chi connectivity index (χ3v) is 3.52. The molecule has 3 N–H and O–H groups in total. The quantitative estimate of drug-likeness (QED) is 0.587. The molecule has 4 aromatic rings. The first-order chi connectivity index (χ1) is 10.3. The van der Waals surface area contributed by atoms with Crippen molar-refractivity contribution in [1.29, 1.82) is 0 Å². The monoisotopic (exact) mass is 280 g/mol. The van der Waals surface area contributed by atoms with Gasteiger partial charge in [-0.3, -0.25) is 4.98 Å². The lowest BCUT2D eigenvalue weighted by molar-refractivity contribution is 0.555. The smallest absolute Gasteiger partial charge is 0.408 e. The number of nitrogens with two attached hydrogens (primary N) is 1. The number of aromatic amines is 1. The summed E-state index contributed by atoms with van der Waals surface area (Å²) in [6, 6.07) is 11.3. The van der Waals surface area contributed by atoms with Gasteiger partial charge in [-0.15, -0.1) is 0 Å². The van der Waals surface area contributed by atoms with Gasteiger partial charge in [0, 0.05) is 18.3 Å². The molecular formula is C15H12N4O2. The van der Waals surface area contributed by atoms with E-state index in [9.17, 15) is 4.79 Å². The van der Waals surface area contributed by atoms with E-state index in [2.05, 4.69) is 9.97 Å². The summed E-state index contributed by atoms with van der Waals surface area (Å²) in [7, 11) is 0. The van der Waals surface area contributed by atoms with Gasteiger partial charge in [-0.2, -0.15) is 0 Å². The molecule has 104 valence electrons. The Balaban J connectivity index is 2.00. The van der Waals surface area contributed by atoms with E-state index < -0.39 is 5.76 Å². The van der Waals surface area contributed by atoms with E-state index in [1.54, 1.807) is 12.1 Å². The summed E-state index contributed by atoms with van der Waals surface area (Å²) < 4.78 is 7.07. The van der Waals surface area contributed by atoms with Crippen molar-refractivity contribution in [3.05, 3.63) is 58.8 Å². The van der Waals surface area contributed by atoms with Crippen LogP contribution in [-0.4, -0.2) is 14.4 Å². The van der Waals surface area contributed by atoms with Gasteiger partial charge in [0.15, 0.2) is 5.58 Å². The van der Waals surface area contributed by atoms with Gasteiger partial charge >= 0.3 is 5.76 Å². The second-order valence-electron chi connectivity index (χ2n) is 4.77. The maximum Gasteiger partial charge on any atom is 0.417 e. The molecular weight excluding hydrogens is 268 g/mol. The predicted molar refractivity (Wildman–Crippen MR) is 78.9 cm³/mol. The van der Waals surface area contributed by atoms with Crippen LogP contribution in [-0.2, 0) is 6.54 Å². The molecule has 3 heterocycles. The van der Waals surface area contributed by atoms with Crippen LogP contribution >= 0.6 is 0 Å². The lowest BCUT2D eigenvalue weighted by atomic mass is 10.1. The number of hydrogen-bond donors (Lipinski definition) is 2. The third-order valence-electron chi connectivity index (χ3n) is 3.52. The van der Waals surface area contributed by atoms with Crippen molar-refractivity contribution < 1.29 is 4.42 Å². The van der Waals surface area contributed by atoms with E-state index in [0.717, 1.165) is 22.6 Å². The summed E-state index contributed by atoms with van der Waals surface area (Å²) >= 11 is 0. The van der Waals surface area contributed by atoms with Gasteiger partial charge in [0.2, 0.25) is 0 Å². The van der Waals surface area contributed by atoms with Crippen molar-refractivity contribution in [2.75, 3.05) is 0 Å². The van der Waals surface area contributed by atoms with Crippen molar-refractivity contribution in [3.8, 4) is 11.3 Å². The van der Waals surface area contributed by atoms with Crippen molar-refractivity contribution in [2.45, 2.75) is 6.54 Å². The highest BCUT2D eigenvalue weighted by atomic mass is 16.4. The minimum absolute atomic E-state index is 0.371. The fourth-order valence-electron chi connectivity index (χ4n) is 2.57. The lowest BCUT2D eigenvalue weighted by Gasteiger charge is -2.02. The second kappa shape index (κ2) is 4.32. The first kappa shape index (κ1) is 11.9. The molecule has 0 aliphatic heterocycles. The molecule has 0 aliphatic rings. The number of H-pyrrole nitrogens is 1. The molecule has 0 saturated heterocycles. The first-order valence-electron chi connectivity index (χ1n) is 6.55. The Bertz CT molecular complexity index is 1010. The molecule has 21 heavy (non-hydrogen) atoms. The Labute approximate surface area is 118 Å². The molecule has 0 bridgehead atoms. The summed E-state index contributed by atoms with van der Waals surface area (Å²) in [6.45, 7) is 0.371. The minimum atomic E-state index is -0.462. The Morgan fingerprint density at radius 1 is 1.29 bits per heavy atom. The number of oxazole rings is 1. The number of imidazole rings is 1. The zero-order valence-electron chi connectivity index (χ0n) is 11.0. The molecule has 1 aromatic carbocycles. The minimum Gasteiger partial charge on any atom is -0.408 e. The van der Waals surface area contributed by atoms with Crippen LogP contribution in [0.4, 0.5) is 0 Å². The average molecular weight is 280 g/mol. The molecule has 0 saturated carbocycles. The summed E-state index contributed by atoms with van der Waals surface area (Å²) in [5.74, 6) is -0.462. The van der Waals surface area contributed by atoms with Crippen LogP contribution < -0.4 is 11.5 Å².